The van der Waals surface area contributed by atoms with Gasteiger partial charge in [-0.05, 0) is 28.7 Å². The Kier molecular flexibility index (Phi) is 3.42. The van der Waals surface area contributed by atoms with Crippen molar-refractivity contribution in [1.29, 1.82) is 0 Å². The van der Waals surface area contributed by atoms with Crippen LogP contribution in [-0.2, 0) is 11.3 Å². The van der Waals surface area contributed by atoms with Crippen LogP contribution in [-0.4, -0.2) is 28.1 Å². The number of pyridine rings is 1. The van der Waals surface area contributed by atoms with E-state index in [9.17, 15) is 4.79 Å². The first-order chi connectivity index (χ1) is 9.28. The second-order valence-corrected chi connectivity index (χ2v) is 5.41. The zero-order valence-corrected chi connectivity index (χ0v) is 11.5. The van der Waals surface area contributed by atoms with E-state index in [0.29, 0.717) is 18.9 Å². The van der Waals surface area contributed by atoms with Gasteiger partial charge in [0.15, 0.2) is 0 Å². The molecule has 19 heavy (non-hydrogen) atoms. The normalized spacial score (nSPS) is 19.3. The summed E-state index contributed by atoms with van der Waals surface area (Å²) in [4.78, 5) is 18.0. The lowest BCUT2D eigenvalue weighted by atomic mass is 10.1. The summed E-state index contributed by atoms with van der Waals surface area (Å²) in [5.74, 6) is 1.42. The van der Waals surface area contributed by atoms with Crippen LogP contribution in [0.4, 0.5) is 0 Å². The Morgan fingerprint density at radius 1 is 1.37 bits per heavy atom. The molecule has 0 spiro atoms. The van der Waals surface area contributed by atoms with E-state index in [2.05, 4.69) is 23.7 Å². The maximum absolute atomic E-state index is 12.0. The van der Waals surface area contributed by atoms with Gasteiger partial charge in [0, 0.05) is 37.3 Å². The Hall–Kier alpha value is -1.55. The molecule has 1 aromatic carbocycles. The van der Waals surface area contributed by atoms with Crippen LogP contribution < -0.4 is 0 Å². The average Bonchev–Trinajstić information content (AvgIpc) is 2.80. The van der Waals surface area contributed by atoms with Gasteiger partial charge in [-0.2, -0.15) is 12.6 Å². The number of nitrogens with zero attached hydrogens (tertiary/aromatic N) is 2. The monoisotopic (exact) mass is 272 g/mol. The van der Waals surface area contributed by atoms with Crippen LogP contribution in [0.1, 0.15) is 12.0 Å². The van der Waals surface area contributed by atoms with Gasteiger partial charge in [-0.15, -0.1) is 0 Å². The number of amides is 1. The van der Waals surface area contributed by atoms with E-state index in [1.807, 2.05) is 29.3 Å². The summed E-state index contributed by atoms with van der Waals surface area (Å²) in [5.41, 5.74) is 1.19. The number of carbonyl (C=O) groups is 1. The SMILES string of the molecule is O=C1CC(CS)CN1Cc1cccc2cnccc12. The lowest BCUT2D eigenvalue weighted by Crippen LogP contribution is -2.24. The molecular formula is C15H16N2OS. The van der Waals surface area contributed by atoms with E-state index in [4.69, 9.17) is 0 Å². The van der Waals surface area contributed by atoms with Gasteiger partial charge in [0.05, 0.1) is 0 Å². The number of rotatable bonds is 3. The molecule has 1 amide bonds. The molecule has 0 radical (unpaired) electrons. The second kappa shape index (κ2) is 5.21. The van der Waals surface area contributed by atoms with Crippen molar-refractivity contribution in [2.75, 3.05) is 12.3 Å². The molecule has 1 aliphatic rings. The number of likely N-dealkylation sites (tertiary alicyclic amines) is 1. The number of fused-ring (bicyclic) bond motifs is 1. The van der Waals surface area contributed by atoms with Crippen molar-refractivity contribution in [3.05, 3.63) is 42.2 Å². The summed E-state index contributed by atoms with van der Waals surface area (Å²) >= 11 is 4.29. The first kappa shape index (κ1) is 12.5. The van der Waals surface area contributed by atoms with Crippen molar-refractivity contribution in [3.63, 3.8) is 0 Å². The molecule has 2 aromatic rings. The summed E-state index contributed by atoms with van der Waals surface area (Å²) in [6.45, 7) is 1.51. The zero-order chi connectivity index (χ0) is 13.2. The van der Waals surface area contributed by atoms with Crippen LogP contribution in [0.25, 0.3) is 10.8 Å². The van der Waals surface area contributed by atoms with Crippen molar-refractivity contribution < 1.29 is 4.79 Å². The van der Waals surface area contributed by atoms with Crippen LogP contribution in [0.3, 0.4) is 0 Å². The van der Waals surface area contributed by atoms with Crippen molar-refractivity contribution >= 4 is 29.3 Å². The van der Waals surface area contributed by atoms with Gasteiger partial charge in [0.25, 0.3) is 0 Å². The topological polar surface area (TPSA) is 33.2 Å². The van der Waals surface area contributed by atoms with Gasteiger partial charge in [-0.1, -0.05) is 18.2 Å². The quantitative estimate of drug-likeness (QED) is 0.871. The second-order valence-electron chi connectivity index (χ2n) is 5.04. The molecule has 4 heteroatoms. The summed E-state index contributed by atoms with van der Waals surface area (Å²) in [6.07, 6.45) is 4.30. The fourth-order valence-corrected chi connectivity index (χ4v) is 2.91. The van der Waals surface area contributed by atoms with Crippen molar-refractivity contribution in [1.82, 2.24) is 9.88 Å². The van der Waals surface area contributed by atoms with E-state index in [1.54, 1.807) is 6.20 Å². The minimum atomic E-state index is 0.241. The molecule has 0 N–H and O–H groups in total. The summed E-state index contributed by atoms with van der Waals surface area (Å²) < 4.78 is 0. The number of benzene rings is 1. The predicted molar refractivity (Wildman–Crippen MR) is 79.1 cm³/mol. The Balaban J connectivity index is 1.88. The molecule has 1 aliphatic heterocycles. The molecule has 0 bridgehead atoms. The lowest BCUT2D eigenvalue weighted by molar-refractivity contribution is -0.128. The molecule has 1 saturated heterocycles. The molecule has 1 atom stereocenters. The molecular weight excluding hydrogens is 256 g/mol. The number of aromatic nitrogens is 1. The molecule has 1 aromatic heterocycles. The fraction of sp³-hybridized carbons (Fsp3) is 0.333. The van der Waals surface area contributed by atoms with Crippen LogP contribution in [0.15, 0.2) is 36.7 Å². The van der Waals surface area contributed by atoms with Crippen molar-refractivity contribution in [2.24, 2.45) is 5.92 Å². The number of carbonyl (C=O) groups excluding carboxylic acids is 1. The molecule has 1 fully saturated rings. The minimum Gasteiger partial charge on any atom is -0.338 e. The van der Waals surface area contributed by atoms with Gasteiger partial charge in [-0.25, -0.2) is 0 Å². The van der Waals surface area contributed by atoms with Crippen molar-refractivity contribution in [2.45, 2.75) is 13.0 Å². The third-order valence-electron chi connectivity index (χ3n) is 3.69. The number of hydrogen-bond donors (Lipinski definition) is 1. The number of thiol groups is 1. The van der Waals surface area contributed by atoms with Crippen molar-refractivity contribution in [3.8, 4) is 0 Å². The van der Waals surface area contributed by atoms with E-state index in [-0.39, 0.29) is 5.91 Å². The standard InChI is InChI=1S/C15H16N2OS/c18-15-6-11(10-19)8-17(15)9-13-3-1-2-12-7-16-5-4-14(12)13/h1-5,7,11,19H,6,8-10H2. The zero-order valence-electron chi connectivity index (χ0n) is 10.6. The highest BCUT2D eigenvalue weighted by Crippen LogP contribution is 2.24. The molecule has 1 unspecified atom stereocenters. The fourth-order valence-electron chi connectivity index (χ4n) is 2.66. The van der Waals surface area contributed by atoms with Crippen LogP contribution in [0.5, 0.6) is 0 Å². The lowest BCUT2D eigenvalue weighted by Gasteiger charge is -2.17. The largest absolute Gasteiger partial charge is 0.338 e. The van der Waals surface area contributed by atoms with Gasteiger partial charge >= 0.3 is 0 Å². The molecule has 98 valence electrons. The van der Waals surface area contributed by atoms with Gasteiger partial charge in [0.2, 0.25) is 5.91 Å². The van der Waals surface area contributed by atoms with E-state index < -0.39 is 0 Å². The van der Waals surface area contributed by atoms with Crippen LogP contribution >= 0.6 is 12.6 Å². The smallest absolute Gasteiger partial charge is 0.223 e. The maximum atomic E-state index is 12.0. The van der Waals surface area contributed by atoms with E-state index >= 15 is 0 Å². The molecule has 0 aliphatic carbocycles. The Morgan fingerprint density at radius 2 is 2.26 bits per heavy atom. The Labute approximate surface area is 118 Å². The van der Waals surface area contributed by atoms with Crippen LogP contribution in [0, 0.1) is 5.92 Å². The third-order valence-corrected chi connectivity index (χ3v) is 4.20. The summed E-state index contributed by atoms with van der Waals surface area (Å²) in [5, 5.41) is 2.30. The maximum Gasteiger partial charge on any atom is 0.223 e. The summed E-state index contributed by atoms with van der Waals surface area (Å²) in [6, 6.07) is 8.18. The first-order valence-electron chi connectivity index (χ1n) is 6.48. The molecule has 0 saturated carbocycles. The van der Waals surface area contributed by atoms with E-state index in [0.717, 1.165) is 17.7 Å². The Morgan fingerprint density at radius 3 is 3.05 bits per heavy atom. The average molecular weight is 272 g/mol. The van der Waals surface area contributed by atoms with Gasteiger partial charge in [-0.3, -0.25) is 9.78 Å². The predicted octanol–water partition coefficient (Wildman–Crippen LogP) is 2.51. The highest BCUT2D eigenvalue weighted by atomic mass is 32.1. The molecule has 2 heterocycles. The minimum absolute atomic E-state index is 0.241. The number of hydrogen-bond acceptors (Lipinski definition) is 3. The van der Waals surface area contributed by atoms with Gasteiger partial charge < -0.3 is 4.90 Å². The van der Waals surface area contributed by atoms with Crippen LogP contribution in [0.2, 0.25) is 0 Å². The molecule has 3 rings (SSSR count). The third kappa shape index (κ3) is 2.45. The Bertz CT molecular complexity index is 609. The highest BCUT2D eigenvalue weighted by molar-refractivity contribution is 7.80. The van der Waals surface area contributed by atoms with Gasteiger partial charge in [0.1, 0.15) is 0 Å². The highest BCUT2D eigenvalue weighted by Gasteiger charge is 2.28. The molecule has 3 nitrogen and oxygen atoms in total. The summed E-state index contributed by atoms with van der Waals surface area (Å²) in [7, 11) is 0. The first-order valence-corrected chi connectivity index (χ1v) is 7.11. The van der Waals surface area contributed by atoms with E-state index in [1.165, 1.54) is 10.9 Å².